The van der Waals surface area contributed by atoms with Crippen LogP contribution in [0.1, 0.15) is 18.4 Å². The Hall–Kier alpha value is -3.87. The van der Waals surface area contributed by atoms with Gasteiger partial charge in [0, 0.05) is 5.69 Å². The first-order valence-electron chi connectivity index (χ1n) is 9.14. The quantitative estimate of drug-likeness (QED) is 0.475. The minimum atomic E-state index is -0.741. The number of amides is 2. The number of carbonyl (C=O) groups excluding carboxylic acids is 2. The second kappa shape index (κ2) is 9.89. The van der Waals surface area contributed by atoms with Crippen molar-refractivity contribution in [2.45, 2.75) is 13.5 Å². The highest BCUT2D eigenvalue weighted by Gasteiger charge is 2.14. The molecule has 0 saturated carbocycles. The monoisotopic (exact) mass is 391 g/mol. The highest BCUT2D eigenvalue weighted by atomic mass is 16.5. The summed E-state index contributed by atoms with van der Waals surface area (Å²) in [5.41, 5.74) is 1.32. The Morgan fingerprint density at radius 3 is 2.48 bits per heavy atom. The summed E-state index contributed by atoms with van der Waals surface area (Å²) in [7, 11) is 0. The zero-order chi connectivity index (χ0) is 20.5. The first kappa shape index (κ1) is 19.9. The zero-order valence-corrected chi connectivity index (χ0v) is 15.9. The molecule has 0 aliphatic carbocycles. The topological polar surface area (TPSA) is 92.9 Å². The Bertz CT molecular complexity index is 979. The third-order valence-electron chi connectivity index (χ3n) is 3.83. The van der Waals surface area contributed by atoms with Crippen molar-refractivity contribution in [3.05, 3.63) is 78.3 Å². The first-order chi connectivity index (χ1) is 14.1. The lowest BCUT2D eigenvalue weighted by molar-refractivity contribution is -0.136. The summed E-state index contributed by atoms with van der Waals surface area (Å²) >= 11 is 0. The van der Waals surface area contributed by atoms with Gasteiger partial charge >= 0.3 is 11.8 Å². The molecule has 0 saturated heterocycles. The molecular formula is C22H21N3O4. The van der Waals surface area contributed by atoms with Crippen molar-refractivity contribution >= 4 is 29.4 Å². The fraction of sp³-hybridized carbons (Fsp3) is 0.136. The smallest absolute Gasteiger partial charge is 0.313 e. The molecule has 2 amide bonds. The van der Waals surface area contributed by atoms with Gasteiger partial charge in [0.1, 0.15) is 17.3 Å². The molecule has 7 nitrogen and oxygen atoms in total. The van der Waals surface area contributed by atoms with Gasteiger partial charge in [-0.2, -0.15) is 0 Å². The fourth-order valence-corrected chi connectivity index (χ4v) is 2.45. The van der Waals surface area contributed by atoms with Crippen LogP contribution in [0.2, 0.25) is 0 Å². The van der Waals surface area contributed by atoms with Crippen molar-refractivity contribution in [2.24, 2.45) is 4.99 Å². The van der Waals surface area contributed by atoms with Gasteiger partial charge in [-0.3, -0.25) is 14.6 Å². The fourth-order valence-electron chi connectivity index (χ4n) is 2.45. The molecule has 0 radical (unpaired) electrons. The molecule has 2 N–H and O–H groups in total. The van der Waals surface area contributed by atoms with Crippen LogP contribution in [0.4, 0.5) is 11.4 Å². The molecular weight excluding hydrogens is 370 g/mol. The Balaban J connectivity index is 1.49. The van der Waals surface area contributed by atoms with E-state index in [1.807, 2.05) is 37.3 Å². The summed E-state index contributed by atoms with van der Waals surface area (Å²) in [6, 6.07) is 19.6. The van der Waals surface area contributed by atoms with Gasteiger partial charge in [-0.1, -0.05) is 18.2 Å². The van der Waals surface area contributed by atoms with Gasteiger partial charge in [-0.15, -0.1) is 0 Å². The van der Waals surface area contributed by atoms with Crippen LogP contribution < -0.4 is 15.4 Å². The van der Waals surface area contributed by atoms with Crippen molar-refractivity contribution in [2.75, 3.05) is 11.9 Å². The summed E-state index contributed by atoms with van der Waals surface area (Å²) in [5, 5.41) is 5.04. The third kappa shape index (κ3) is 6.07. The predicted molar refractivity (Wildman–Crippen MR) is 110 cm³/mol. The van der Waals surface area contributed by atoms with Gasteiger partial charge in [-0.05, 0) is 55.5 Å². The number of aliphatic imine (C=N–C) groups is 1. The van der Waals surface area contributed by atoms with Crippen LogP contribution in [-0.4, -0.2) is 24.6 Å². The number of hydrogen-bond acceptors (Lipinski definition) is 5. The van der Waals surface area contributed by atoms with Crippen LogP contribution in [0.3, 0.4) is 0 Å². The van der Waals surface area contributed by atoms with Gasteiger partial charge in [0.15, 0.2) is 0 Å². The molecule has 7 heteroatoms. The lowest BCUT2D eigenvalue weighted by Crippen LogP contribution is -2.34. The summed E-state index contributed by atoms with van der Waals surface area (Å²) in [4.78, 5) is 28.1. The second-order valence-corrected chi connectivity index (χ2v) is 5.99. The maximum absolute atomic E-state index is 11.9. The van der Waals surface area contributed by atoms with Gasteiger partial charge in [0.25, 0.3) is 0 Å². The van der Waals surface area contributed by atoms with Crippen molar-refractivity contribution < 1.29 is 18.7 Å². The molecule has 0 spiro atoms. The van der Waals surface area contributed by atoms with Crippen LogP contribution in [0, 0.1) is 0 Å². The third-order valence-corrected chi connectivity index (χ3v) is 3.83. The molecule has 0 fully saturated rings. The van der Waals surface area contributed by atoms with Crippen LogP contribution in [0.15, 0.2) is 76.1 Å². The number of rotatable bonds is 7. The molecule has 0 bridgehead atoms. The van der Waals surface area contributed by atoms with Gasteiger partial charge < -0.3 is 19.8 Å². The maximum atomic E-state index is 11.9. The van der Waals surface area contributed by atoms with Crippen LogP contribution >= 0.6 is 0 Å². The van der Waals surface area contributed by atoms with Crippen LogP contribution in [0.5, 0.6) is 5.75 Å². The molecule has 0 aliphatic heterocycles. The molecule has 3 rings (SSSR count). The average molecular weight is 391 g/mol. The normalized spacial score (nSPS) is 10.7. The molecule has 1 aromatic heterocycles. The van der Waals surface area contributed by atoms with Crippen molar-refractivity contribution in [3.8, 4) is 5.75 Å². The highest BCUT2D eigenvalue weighted by molar-refractivity contribution is 6.39. The van der Waals surface area contributed by atoms with Gasteiger partial charge in [0.2, 0.25) is 0 Å². The molecule has 3 aromatic rings. The molecule has 1 heterocycles. The molecule has 29 heavy (non-hydrogen) atoms. The minimum Gasteiger partial charge on any atom is -0.494 e. The molecule has 0 aliphatic rings. The van der Waals surface area contributed by atoms with E-state index in [0.29, 0.717) is 23.8 Å². The van der Waals surface area contributed by atoms with Gasteiger partial charge in [0.05, 0.1) is 25.1 Å². The van der Waals surface area contributed by atoms with E-state index in [1.165, 1.54) is 0 Å². The van der Waals surface area contributed by atoms with Crippen molar-refractivity contribution in [3.63, 3.8) is 0 Å². The lowest BCUT2D eigenvalue weighted by Gasteiger charge is -2.05. The van der Waals surface area contributed by atoms with Crippen LogP contribution in [0.25, 0.3) is 0 Å². The van der Waals surface area contributed by atoms with E-state index in [-0.39, 0.29) is 6.54 Å². The van der Waals surface area contributed by atoms with E-state index >= 15 is 0 Å². The molecule has 148 valence electrons. The average Bonchev–Trinajstić information content (AvgIpc) is 3.20. The van der Waals surface area contributed by atoms with E-state index in [1.54, 1.807) is 42.6 Å². The summed E-state index contributed by atoms with van der Waals surface area (Å²) in [5.74, 6) is 0.365. The number of nitrogens with one attached hydrogen (secondary N) is 2. The number of hydrogen-bond donors (Lipinski definition) is 2. The Labute approximate surface area is 168 Å². The van der Waals surface area contributed by atoms with Crippen molar-refractivity contribution in [1.82, 2.24) is 5.32 Å². The highest BCUT2D eigenvalue weighted by Crippen LogP contribution is 2.18. The van der Waals surface area contributed by atoms with E-state index in [4.69, 9.17) is 9.15 Å². The summed E-state index contributed by atoms with van der Waals surface area (Å²) < 4.78 is 11.0. The predicted octanol–water partition coefficient (Wildman–Crippen LogP) is 3.68. The molecule has 0 unspecified atom stereocenters. The van der Waals surface area contributed by atoms with E-state index in [2.05, 4.69) is 15.6 Å². The number of carbonyl (C=O) groups is 2. The standard InChI is InChI=1S/C22H21N3O4/c1-2-28-18-10-8-16(9-11-18)23-14-19-12-13-20(29-19)15-24-21(26)22(27)25-17-6-4-3-5-7-17/h3-14H,2,15H2,1H3,(H,24,26)(H,25,27). The van der Waals surface area contributed by atoms with E-state index < -0.39 is 11.8 Å². The van der Waals surface area contributed by atoms with E-state index in [0.717, 1.165) is 11.4 Å². The summed E-state index contributed by atoms with van der Waals surface area (Å²) in [6.07, 6.45) is 1.59. The zero-order valence-electron chi connectivity index (χ0n) is 15.9. The Kier molecular flexibility index (Phi) is 6.78. The SMILES string of the molecule is CCOc1ccc(N=Cc2ccc(CNC(=O)C(=O)Nc3ccccc3)o2)cc1. The number of benzene rings is 2. The largest absolute Gasteiger partial charge is 0.494 e. The van der Waals surface area contributed by atoms with Crippen LogP contribution in [-0.2, 0) is 16.1 Å². The van der Waals surface area contributed by atoms with E-state index in [9.17, 15) is 9.59 Å². The number of furan rings is 1. The number of anilines is 1. The summed E-state index contributed by atoms with van der Waals surface area (Å²) in [6.45, 7) is 2.64. The number of nitrogens with zero attached hydrogens (tertiary/aromatic N) is 1. The molecule has 0 atom stereocenters. The minimum absolute atomic E-state index is 0.0952. The maximum Gasteiger partial charge on any atom is 0.313 e. The molecule has 2 aromatic carbocycles. The second-order valence-electron chi connectivity index (χ2n) is 5.99. The van der Waals surface area contributed by atoms with Gasteiger partial charge in [-0.25, -0.2) is 0 Å². The first-order valence-corrected chi connectivity index (χ1v) is 9.14. The number of ether oxygens (including phenoxy) is 1. The Morgan fingerprint density at radius 1 is 1.00 bits per heavy atom. The lowest BCUT2D eigenvalue weighted by atomic mass is 10.3. The number of para-hydroxylation sites is 1. The van der Waals surface area contributed by atoms with Crippen molar-refractivity contribution in [1.29, 1.82) is 0 Å². The Morgan fingerprint density at radius 2 is 1.76 bits per heavy atom.